The molecule has 8 heteroatoms. The summed E-state index contributed by atoms with van der Waals surface area (Å²) in [4.78, 5) is 8.08. The number of nitrogens with zero attached hydrogens (tertiary/aromatic N) is 4. The Kier molecular flexibility index (Phi) is 3.36. The molecule has 22 heavy (non-hydrogen) atoms. The molecule has 0 aliphatic carbocycles. The predicted octanol–water partition coefficient (Wildman–Crippen LogP) is 1.82. The number of rotatable bonds is 3. The summed E-state index contributed by atoms with van der Waals surface area (Å²) < 4.78 is 12.5. The number of hydrogen-bond acceptors (Lipinski definition) is 7. The highest BCUT2D eigenvalue weighted by atomic mass is 32.1. The van der Waals surface area contributed by atoms with Gasteiger partial charge in [0.05, 0.1) is 24.4 Å². The Bertz CT molecular complexity index is 774. The van der Waals surface area contributed by atoms with Crippen LogP contribution in [-0.2, 0) is 4.74 Å². The van der Waals surface area contributed by atoms with Crippen molar-refractivity contribution in [2.24, 2.45) is 0 Å². The molecule has 0 bridgehead atoms. The number of morpholine rings is 1. The molecule has 1 aliphatic heterocycles. The van der Waals surface area contributed by atoms with Crippen LogP contribution in [0.2, 0.25) is 0 Å². The Morgan fingerprint density at radius 1 is 1.36 bits per heavy atom. The lowest BCUT2D eigenvalue weighted by atomic mass is 10.1. The third kappa shape index (κ3) is 2.20. The second-order valence-corrected chi connectivity index (χ2v) is 6.22. The fourth-order valence-electron chi connectivity index (χ4n) is 2.78. The van der Waals surface area contributed by atoms with Gasteiger partial charge in [0.25, 0.3) is 0 Å². The molecule has 1 fully saturated rings. The molecule has 0 saturated carbocycles. The molecule has 116 valence electrons. The molecule has 3 aromatic heterocycles. The van der Waals surface area contributed by atoms with Crippen molar-refractivity contribution in [2.75, 3.05) is 26.3 Å². The molecule has 0 unspecified atom stereocenters. The lowest BCUT2D eigenvalue weighted by molar-refractivity contribution is 0.0203. The van der Waals surface area contributed by atoms with Gasteiger partial charge in [0, 0.05) is 13.1 Å². The highest BCUT2D eigenvalue weighted by Crippen LogP contribution is 2.40. The van der Waals surface area contributed by atoms with Crippen molar-refractivity contribution >= 4 is 16.3 Å². The lowest BCUT2D eigenvalue weighted by Crippen LogP contribution is -2.39. The number of ether oxygens (including phenoxy) is 1. The van der Waals surface area contributed by atoms with E-state index in [9.17, 15) is 5.11 Å². The van der Waals surface area contributed by atoms with Crippen molar-refractivity contribution in [3.05, 3.63) is 34.9 Å². The monoisotopic (exact) mass is 320 g/mol. The maximum atomic E-state index is 10.6. The van der Waals surface area contributed by atoms with Gasteiger partial charge in [0.1, 0.15) is 17.6 Å². The van der Waals surface area contributed by atoms with E-state index < -0.39 is 0 Å². The number of aryl methyl sites for hydroxylation is 1. The Morgan fingerprint density at radius 2 is 2.18 bits per heavy atom. The zero-order valence-corrected chi connectivity index (χ0v) is 12.9. The Labute approximate surface area is 130 Å². The van der Waals surface area contributed by atoms with Crippen LogP contribution in [-0.4, -0.2) is 50.9 Å². The number of aromatic nitrogens is 3. The van der Waals surface area contributed by atoms with Crippen molar-refractivity contribution in [3.63, 3.8) is 0 Å². The van der Waals surface area contributed by atoms with Gasteiger partial charge in [0.2, 0.25) is 10.8 Å². The lowest BCUT2D eigenvalue weighted by Gasteiger charge is -2.32. The molecular weight excluding hydrogens is 304 g/mol. The van der Waals surface area contributed by atoms with Gasteiger partial charge in [0.15, 0.2) is 0 Å². The predicted molar refractivity (Wildman–Crippen MR) is 80.2 cm³/mol. The summed E-state index contributed by atoms with van der Waals surface area (Å²) in [5.74, 6) is 1.58. The first-order valence-corrected chi connectivity index (χ1v) is 7.96. The van der Waals surface area contributed by atoms with E-state index in [1.807, 2.05) is 19.1 Å². The van der Waals surface area contributed by atoms with E-state index in [0.717, 1.165) is 23.7 Å². The smallest absolute Gasteiger partial charge is 0.230 e. The zero-order valence-electron chi connectivity index (χ0n) is 12.1. The first kappa shape index (κ1) is 13.7. The van der Waals surface area contributed by atoms with Gasteiger partial charge in [-0.05, 0) is 19.1 Å². The molecule has 7 nitrogen and oxygen atoms in total. The second kappa shape index (κ2) is 5.38. The summed E-state index contributed by atoms with van der Waals surface area (Å²) in [6.45, 7) is 4.75. The summed E-state index contributed by atoms with van der Waals surface area (Å²) in [6, 6.07) is 3.65. The first-order chi connectivity index (χ1) is 10.7. The second-order valence-electron chi connectivity index (χ2n) is 5.21. The third-order valence-corrected chi connectivity index (χ3v) is 4.85. The molecule has 0 aromatic carbocycles. The van der Waals surface area contributed by atoms with Crippen LogP contribution >= 0.6 is 11.3 Å². The molecule has 0 radical (unpaired) electrons. The number of thiazole rings is 1. The van der Waals surface area contributed by atoms with Crippen LogP contribution in [0.15, 0.2) is 22.8 Å². The van der Waals surface area contributed by atoms with E-state index >= 15 is 0 Å². The van der Waals surface area contributed by atoms with Gasteiger partial charge < -0.3 is 14.3 Å². The van der Waals surface area contributed by atoms with Crippen LogP contribution in [0.1, 0.15) is 22.5 Å². The summed E-state index contributed by atoms with van der Waals surface area (Å²) in [6.07, 6.45) is 1.65. The Morgan fingerprint density at radius 3 is 2.86 bits per heavy atom. The molecule has 4 heterocycles. The fourth-order valence-corrected chi connectivity index (χ4v) is 3.93. The number of furan rings is 1. The maximum Gasteiger partial charge on any atom is 0.230 e. The summed E-state index contributed by atoms with van der Waals surface area (Å²) in [5.41, 5.74) is 0. The van der Waals surface area contributed by atoms with Crippen LogP contribution in [0.25, 0.3) is 4.96 Å². The molecule has 0 amide bonds. The largest absolute Gasteiger partial charge is 0.492 e. The molecule has 1 atom stereocenters. The summed E-state index contributed by atoms with van der Waals surface area (Å²) in [5, 5.41) is 14.8. The Hall–Kier alpha value is -1.90. The zero-order chi connectivity index (χ0) is 15.1. The minimum absolute atomic E-state index is 0.133. The Balaban J connectivity index is 1.81. The van der Waals surface area contributed by atoms with Gasteiger partial charge in [-0.25, -0.2) is 4.98 Å². The number of hydrogen-bond donors (Lipinski definition) is 1. The normalized spacial score (nSPS) is 18.0. The topological polar surface area (TPSA) is 76.0 Å². The summed E-state index contributed by atoms with van der Waals surface area (Å²) >= 11 is 1.44. The number of aromatic hydroxyl groups is 1. The molecule has 1 saturated heterocycles. The molecule has 4 rings (SSSR count). The average molecular weight is 320 g/mol. The SMILES string of the molecule is Cc1nc2sc([C@@H](c3ccco3)N3CCOCC3)c(O)n2n1. The van der Waals surface area contributed by atoms with Gasteiger partial charge in [-0.3, -0.25) is 4.90 Å². The third-order valence-electron chi connectivity index (χ3n) is 3.78. The van der Waals surface area contributed by atoms with E-state index in [2.05, 4.69) is 15.0 Å². The minimum Gasteiger partial charge on any atom is -0.492 e. The quantitative estimate of drug-likeness (QED) is 0.793. The molecule has 1 N–H and O–H groups in total. The van der Waals surface area contributed by atoms with E-state index in [0.29, 0.717) is 24.0 Å². The van der Waals surface area contributed by atoms with Crippen LogP contribution < -0.4 is 0 Å². The van der Waals surface area contributed by atoms with E-state index in [-0.39, 0.29) is 11.9 Å². The minimum atomic E-state index is -0.146. The van der Waals surface area contributed by atoms with E-state index in [1.54, 1.807) is 6.26 Å². The van der Waals surface area contributed by atoms with Crippen molar-refractivity contribution in [1.29, 1.82) is 0 Å². The van der Waals surface area contributed by atoms with Gasteiger partial charge in [-0.1, -0.05) is 11.3 Å². The fraction of sp³-hybridized carbons (Fsp3) is 0.429. The van der Waals surface area contributed by atoms with Gasteiger partial charge in [-0.2, -0.15) is 4.52 Å². The van der Waals surface area contributed by atoms with Gasteiger partial charge >= 0.3 is 0 Å². The van der Waals surface area contributed by atoms with Crippen LogP contribution in [0.4, 0.5) is 0 Å². The molecule has 3 aromatic rings. The summed E-state index contributed by atoms with van der Waals surface area (Å²) in [7, 11) is 0. The number of fused-ring (bicyclic) bond motifs is 1. The average Bonchev–Trinajstić information content (AvgIpc) is 3.22. The van der Waals surface area contributed by atoms with Crippen molar-refractivity contribution < 1.29 is 14.3 Å². The molecule has 0 spiro atoms. The first-order valence-electron chi connectivity index (χ1n) is 7.14. The van der Waals surface area contributed by atoms with Crippen molar-refractivity contribution in [3.8, 4) is 5.88 Å². The highest BCUT2D eigenvalue weighted by molar-refractivity contribution is 7.17. The van der Waals surface area contributed by atoms with Crippen LogP contribution in [0.3, 0.4) is 0 Å². The van der Waals surface area contributed by atoms with Crippen LogP contribution in [0, 0.1) is 6.92 Å². The van der Waals surface area contributed by atoms with E-state index in [4.69, 9.17) is 9.15 Å². The highest BCUT2D eigenvalue weighted by Gasteiger charge is 2.32. The molecular formula is C14H16N4O3S. The molecule has 1 aliphatic rings. The standard InChI is InChI=1S/C14H16N4O3S/c1-9-15-14-18(16-9)13(19)12(22-14)11(10-3-2-6-21-10)17-4-7-20-8-5-17/h2-3,6,11,19H,4-5,7-8H2,1H3/t11-/m1/s1. The maximum absolute atomic E-state index is 10.6. The van der Waals surface area contributed by atoms with E-state index in [1.165, 1.54) is 15.9 Å². The van der Waals surface area contributed by atoms with Crippen molar-refractivity contribution in [1.82, 2.24) is 19.5 Å². The van der Waals surface area contributed by atoms with Crippen molar-refractivity contribution in [2.45, 2.75) is 13.0 Å². The van der Waals surface area contributed by atoms with Crippen LogP contribution in [0.5, 0.6) is 5.88 Å². The van der Waals surface area contributed by atoms with Gasteiger partial charge in [-0.15, -0.1) is 5.10 Å².